The summed E-state index contributed by atoms with van der Waals surface area (Å²) in [5, 5.41) is 1.94. The van der Waals surface area contributed by atoms with Crippen LogP contribution >= 0.6 is 22.7 Å². The molecule has 164 valence electrons. The monoisotopic (exact) mass is 476 g/mol. The lowest BCUT2D eigenvalue weighted by atomic mass is 10.1. The fraction of sp³-hybridized carbons (Fsp3) is 0.0345. The zero-order valence-corrected chi connectivity index (χ0v) is 19.9. The highest BCUT2D eigenvalue weighted by molar-refractivity contribution is 7.22. The fourth-order valence-corrected chi connectivity index (χ4v) is 5.82. The van der Waals surface area contributed by atoms with E-state index in [0.717, 1.165) is 43.5 Å². The average Bonchev–Trinajstić information content (AvgIpc) is 3.51. The molecule has 0 fully saturated rings. The van der Waals surface area contributed by atoms with E-state index in [0.29, 0.717) is 6.61 Å². The smallest absolute Gasteiger partial charge is 0.127 e. The second-order valence-electron chi connectivity index (χ2n) is 7.88. The fourth-order valence-electron chi connectivity index (χ4n) is 3.79. The lowest BCUT2D eigenvalue weighted by Crippen LogP contribution is -1.95. The Kier molecular flexibility index (Phi) is 5.63. The summed E-state index contributed by atoms with van der Waals surface area (Å²) >= 11 is 3.39. The molecule has 0 amide bonds. The first kappa shape index (κ1) is 20.8. The minimum atomic E-state index is 0.538. The summed E-state index contributed by atoms with van der Waals surface area (Å²) in [4.78, 5) is 9.88. The van der Waals surface area contributed by atoms with Crippen LogP contribution in [0.4, 0.5) is 0 Å². The number of aromatic nitrogens is 2. The summed E-state index contributed by atoms with van der Waals surface area (Å²) in [7, 11) is 0. The molecule has 5 heteroatoms. The van der Waals surface area contributed by atoms with E-state index in [1.54, 1.807) is 22.7 Å². The number of hydrogen-bond donors (Lipinski definition) is 0. The normalized spacial score (nSPS) is 11.1. The van der Waals surface area contributed by atoms with Crippen LogP contribution in [-0.2, 0) is 6.61 Å². The van der Waals surface area contributed by atoms with Crippen molar-refractivity contribution in [2.75, 3.05) is 0 Å². The maximum absolute atomic E-state index is 6.07. The second kappa shape index (κ2) is 9.21. The molecule has 0 saturated heterocycles. The number of hydrogen-bond acceptors (Lipinski definition) is 5. The Morgan fingerprint density at radius 2 is 1.29 bits per heavy atom. The molecule has 2 aromatic heterocycles. The largest absolute Gasteiger partial charge is 0.489 e. The highest BCUT2D eigenvalue weighted by Crippen LogP contribution is 2.36. The van der Waals surface area contributed by atoms with Crippen LogP contribution in [0.15, 0.2) is 103 Å². The standard InChI is InChI=1S/C29H20N2OS2/c1-2-9-20(10-3-1)19-32-22-12-8-11-21(17-22)18-23(28-30-24-13-4-6-15-26(24)33-28)29-31-25-14-5-7-16-27(25)34-29/h1-18H,19H2. The van der Waals surface area contributed by atoms with Crippen molar-refractivity contribution in [2.45, 2.75) is 6.61 Å². The molecule has 0 aliphatic heterocycles. The van der Waals surface area contributed by atoms with Crippen LogP contribution in [0.1, 0.15) is 21.1 Å². The van der Waals surface area contributed by atoms with E-state index < -0.39 is 0 Å². The van der Waals surface area contributed by atoms with Crippen LogP contribution in [0.2, 0.25) is 0 Å². The molecule has 0 aliphatic carbocycles. The molecule has 2 heterocycles. The topological polar surface area (TPSA) is 35.0 Å². The molecule has 0 saturated carbocycles. The van der Waals surface area contributed by atoms with Crippen LogP contribution in [0.25, 0.3) is 32.1 Å². The van der Waals surface area contributed by atoms with Crippen molar-refractivity contribution in [2.24, 2.45) is 0 Å². The minimum Gasteiger partial charge on any atom is -0.489 e. The van der Waals surface area contributed by atoms with Crippen LogP contribution in [0.5, 0.6) is 5.75 Å². The third-order valence-electron chi connectivity index (χ3n) is 5.47. The SMILES string of the molecule is C(=C(c1nc2ccccc2s1)c1nc2ccccc2s1)c1cccc(OCc2ccccc2)c1. The van der Waals surface area contributed by atoms with Gasteiger partial charge in [0.15, 0.2) is 0 Å². The van der Waals surface area contributed by atoms with E-state index >= 15 is 0 Å². The third-order valence-corrected chi connectivity index (χ3v) is 7.61. The van der Waals surface area contributed by atoms with E-state index in [-0.39, 0.29) is 0 Å². The van der Waals surface area contributed by atoms with Gasteiger partial charge >= 0.3 is 0 Å². The molecule has 0 bridgehead atoms. The number of benzene rings is 4. The third kappa shape index (κ3) is 4.36. The Balaban J connectivity index is 1.40. The van der Waals surface area contributed by atoms with Crippen LogP contribution in [0.3, 0.4) is 0 Å². The molecule has 0 aliphatic rings. The molecular weight excluding hydrogens is 456 g/mol. The Hall–Kier alpha value is -3.80. The number of fused-ring (bicyclic) bond motifs is 2. The van der Waals surface area contributed by atoms with Gasteiger partial charge in [-0.15, -0.1) is 22.7 Å². The predicted molar refractivity (Wildman–Crippen MR) is 143 cm³/mol. The van der Waals surface area contributed by atoms with Gasteiger partial charge in [-0.3, -0.25) is 0 Å². The lowest BCUT2D eigenvalue weighted by Gasteiger charge is -2.07. The first-order chi connectivity index (χ1) is 16.8. The predicted octanol–water partition coefficient (Wildman–Crippen LogP) is 8.07. The summed E-state index contributed by atoms with van der Waals surface area (Å²) in [6, 6.07) is 34.9. The van der Waals surface area contributed by atoms with E-state index in [2.05, 4.69) is 66.7 Å². The highest BCUT2D eigenvalue weighted by atomic mass is 32.1. The lowest BCUT2D eigenvalue weighted by molar-refractivity contribution is 0.306. The molecule has 0 radical (unpaired) electrons. The molecule has 34 heavy (non-hydrogen) atoms. The van der Waals surface area contributed by atoms with E-state index in [9.17, 15) is 0 Å². The van der Waals surface area contributed by atoms with Crippen molar-refractivity contribution in [1.82, 2.24) is 9.97 Å². The van der Waals surface area contributed by atoms with Gasteiger partial charge in [-0.05, 0) is 53.6 Å². The number of thiazole rings is 2. The van der Waals surface area contributed by atoms with Crippen LogP contribution < -0.4 is 4.74 Å². The van der Waals surface area contributed by atoms with Crippen molar-refractivity contribution < 1.29 is 4.74 Å². The first-order valence-electron chi connectivity index (χ1n) is 11.0. The molecule has 0 spiro atoms. The molecule has 0 unspecified atom stereocenters. The molecule has 6 aromatic rings. The Bertz CT molecular complexity index is 1470. The van der Waals surface area contributed by atoms with E-state index in [1.807, 2.05) is 42.5 Å². The molecular formula is C29H20N2OS2. The van der Waals surface area contributed by atoms with E-state index in [1.165, 1.54) is 9.40 Å². The Labute approximate surface area is 205 Å². The summed E-state index contributed by atoms with van der Waals surface area (Å²) in [6.07, 6.45) is 2.17. The highest BCUT2D eigenvalue weighted by Gasteiger charge is 2.16. The van der Waals surface area contributed by atoms with Gasteiger partial charge in [-0.1, -0.05) is 66.7 Å². The quantitative estimate of drug-likeness (QED) is 0.244. The Morgan fingerprint density at radius 3 is 1.94 bits per heavy atom. The van der Waals surface area contributed by atoms with Gasteiger partial charge in [0.2, 0.25) is 0 Å². The van der Waals surface area contributed by atoms with Crippen molar-refractivity contribution >= 4 is 54.8 Å². The van der Waals surface area contributed by atoms with Gasteiger partial charge in [0.05, 0.1) is 20.4 Å². The van der Waals surface area contributed by atoms with Crippen molar-refractivity contribution in [3.05, 3.63) is 124 Å². The summed E-state index contributed by atoms with van der Waals surface area (Å²) < 4.78 is 8.41. The van der Waals surface area contributed by atoms with Gasteiger partial charge in [-0.2, -0.15) is 0 Å². The van der Waals surface area contributed by atoms with Gasteiger partial charge in [0, 0.05) is 5.57 Å². The number of ether oxygens (including phenoxy) is 1. The maximum Gasteiger partial charge on any atom is 0.127 e. The zero-order valence-electron chi connectivity index (χ0n) is 18.2. The number of rotatable bonds is 6. The van der Waals surface area contributed by atoms with Crippen molar-refractivity contribution in [3.8, 4) is 5.75 Å². The first-order valence-corrected chi connectivity index (χ1v) is 12.7. The van der Waals surface area contributed by atoms with Gasteiger partial charge < -0.3 is 4.74 Å². The maximum atomic E-state index is 6.07. The number of para-hydroxylation sites is 2. The molecule has 4 aromatic carbocycles. The van der Waals surface area contributed by atoms with E-state index in [4.69, 9.17) is 14.7 Å². The van der Waals surface area contributed by atoms with Gasteiger partial charge in [-0.25, -0.2) is 9.97 Å². The molecule has 6 rings (SSSR count). The molecule has 3 nitrogen and oxygen atoms in total. The van der Waals surface area contributed by atoms with Crippen molar-refractivity contribution in [3.63, 3.8) is 0 Å². The minimum absolute atomic E-state index is 0.538. The second-order valence-corrected chi connectivity index (χ2v) is 9.94. The van der Waals surface area contributed by atoms with Crippen LogP contribution in [-0.4, -0.2) is 9.97 Å². The number of nitrogens with zero attached hydrogens (tertiary/aromatic N) is 2. The summed E-state index contributed by atoms with van der Waals surface area (Å²) in [5.41, 5.74) is 5.25. The van der Waals surface area contributed by atoms with Crippen molar-refractivity contribution in [1.29, 1.82) is 0 Å². The summed E-state index contributed by atoms with van der Waals surface area (Å²) in [5.74, 6) is 0.838. The molecule has 0 N–H and O–H groups in total. The average molecular weight is 477 g/mol. The Morgan fingerprint density at radius 1 is 0.676 bits per heavy atom. The summed E-state index contributed by atoms with van der Waals surface area (Å²) in [6.45, 7) is 0.538. The van der Waals surface area contributed by atoms with Crippen LogP contribution in [0, 0.1) is 0 Å². The molecule has 0 atom stereocenters. The zero-order chi connectivity index (χ0) is 22.7. The van der Waals surface area contributed by atoms with Gasteiger partial charge in [0.1, 0.15) is 22.4 Å². The van der Waals surface area contributed by atoms with Gasteiger partial charge in [0.25, 0.3) is 0 Å².